The van der Waals surface area contributed by atoms with E-state index in [2.05, 4.69) is 15.4 Å². The zero-order valence-electron chi connectivity index (χ0n) is 14.9. The molecule has 1 aromatic carbocycles. The number of phenols is 1. The molecule has 0 spiro atoms. The summed E-state index contributed by atoms with van der Waals surface area (Å²) in [6, 6.07) is 3.00. The van der Waals surface area contributed by atoms with Crippen molar-refractivity contribution in [1.82, 2.24) is 9.97 Å². The highest BCUT2D eigenvalue weighted by Gasteiger charge is 2.26. The Labute approximate surface area is 146 Å². The molecule has 0 bridgehead atoms. The fourth-order valence-electron chi connectivity index (χ4n) is 1.92. The monoisotopic (exact) mass is 367 g/mol. The molecule has 2 rings (SSSR count). The second-order valence-corrected chi connectivity index (χ2v) is 7.68. The van der Waals surface area contributed by atoms with Crippen molar-refractivity contribution in [3.63, 3.8) is 0 Å². The number of nitrogens with zero attached hydrogens (tertiary/aromatic N) is 2. The van der Waals surface area contributed by atoms with Crippen LogP contribution in [-0.2, 0) is 9.19 Å². The topological polar surface area (TPSA) is 103 Å². The molecule has 0 aliphatic rings. The molecule has 8 nitrogen and oxygen atoms in total. The van der Waals surface area contributed by atoms with Gasteiger partial charge in [-0.15, -0.1) is 0 Å². The molecule has 136 valence electrons. The molecular formula is C16H22N3O5P. The number of aromatic nitrogens is 2. The van der Waals surface area contributed by atoms with Gasteiger partial charge in [-0.3, -0.25) is 0 Å². The third kappa shape index (κ3) is 4.61. The van der Waals surface area contributed by atoms with Gasteiger partial charge in [-0.1, -0.05) is 6.92 Å². The summed E-state index contributed by atoms with van der Waals surface area (Å²) < 4.78 is 28.7. The summed E-state index contributed by atoms with van der Waals surface area (Å²) in [5.74, 6) is 0.687. The molecule has 0 radical (unpaired) electrons. The molecule has 25 heavy (non-hydrogen) atoms. The largest absolute Gasteiger partial charge is 0.504 e. The number of phenolic OH excluding ortho intramolecular Hbond substituents is 1. The molecule has 0 amide bonds. The van der Waals surface area contributed by atoms with Crippen molar-refractivity contribution in [3.05, 3.63) is 35.2 Å². The van der Waals surface area contributed by atoms with Gasteiger partial charge in [0, 0.05) is 18.0 Å². The summed E-state index contributed by atoms with van der Waals surface area (Å²) in [5.41, 5.74) is 4.74. The zero-order valence-corrected chi connectivity index (χ0v) is 15.8. The maximum Gasteiger partial charge on any atom is 0.400 e. The van der Waals surface area contributed by atoms with Crippen LogP contribution in [-0.4, -0.2) is 28.3 Å². The summed E-state index contributed by atoms with van der Waals surface area (Å²) in [4.78, 5) is 8.25. The van der Waals surface area contributed by atoms with Gasteiger partial charge in [-0.2, -0.15) is 4.62 Å². The summed E-state index contributed by atoms with van der Waals surface area (Å²) in [5, 5.41) is 9.87. The van der Waals surface area contributed by atoms with Crippen molar-refractivity contribution in [2.75, 3.05) is 18.8 Å². The Balaban J connectivity index is 2.16. The third-order valence-electron chi connectivity index (χ3n) is 3.59. The Morgan fingerprint density at radius 1 is 1.24 bits per heavy atom. The van der Waals surface area contributed by atoms with Crippen LogP contribution in [0.1, 0.15) is 23.7 Å². The number of anilines is 1. The first-order valence-electron chi connectivity index (χ1n) is 7.69. The van der Waals surface area contributed by atoms with E-state index in [0.29, 0.717) is 5.56 Å². The van der Waals surface area contributed by atoms with Gasteiger partial charge in [-0.25, -0.2) is 20.0 Å². The fraction of sp³-hybridized carbons (Fsp3) is 0.375. The van der Waals surface area contributed by atoms with E-state index in [0.717, 1.165) is 11.3 Å². The van der Waals surface area contributed by atoms with Gasteiger partial charge < -0.3 is 14.4 Å². The molecule has 0 aliphatic carbocycles. The van der Waals surface area contributed by atoms with Gasteiger partial charge in [0.2, 0.25) is 5.95 Å². The average molecular weight is 367 g/mol. The molecule has 1 atom stereocenters. The lowest BCUT2D eigenvalue weighted by atomic mass is 10.2. The first-order chi connectivity index (χ1) is 11.8. The van der Waals surface area contributed by atoms with Crippen LogP contribution in [0, 0.1) is 20.8 Å². The van der Waals surface area contributed by atoms with Crippen LogP contribution in [0.5, 0.6) is 17.2 Å². The minimum absolute atomic E-state index is 0.00348. The predicted octanol–water partition coefficient (Wildman–Crippen LogP) is 3.75. The maximum absolute atomic E-state index is 12.8. The smallest absolute Gasteiger partial charge is 0.400 e. The van der Waals surface area contributed by atoms with E-state index in [1.807, 2.05) is 13.8 Å². The molecule has 0 aliphatic heterocycles. The molecule has 1 heterocycles. The summed E-state index contributed by atoms with van der Waals surface area (Å²) >= 11 is 0. The number of hydrogen-bond acceptors (Lipinski definition) is 8. The van der Waals surface area contributed by atoms with E-state index in [-0.39, 0.29) is 29.4 Å². The Morgan fingerprint density at radius 2 is 1.96 bits per heavy atom. The first-order valence-corrected chi connectivity index (χ1v) is 9.42. The van der Waals surface area contributed by atoms with Crippen LogP contribution in [0.15, 0.2) is 18.3 Å². The number of ether oxygens (including phenoxy) is 1. The van der Waals surface area contributed by atoms with Crippen molar-refractivity contribution >= 4 is 13.5 Å². The highest BCUT2D eigenvalue weighted by molar-refractivity contribution is 7.54. The van der Waals surface area contributed by atoms with E-state index in [1.54, 1.807) is 26.1 Å². The van der Waals surface area contributed by atoms with Crippen molar-refractivity contribution in [3.8, 4) is 17.2 Å². The quantitative estimate of drug-likeness (QED) is 0.563. The summed E-state index contributed by atoms with van der Waals surface area (Å²) in [7, 11) is -2.08. The fourth-order valence-corrected chi connectivity index (χ4v) is 2.86. The number of aromatic hydroxyl groups is 1. The SMILES string of the molecule is CCP(=O)(ONc1ncc(C)c(C)n1)Oc1cc(C)c(O)c(OC)c1. The van der Waals surface area contributed by atoms with Crippen molar-refractivity contribution in [2.24, 2.45) is 0 Å². The normalized spacial score (nSPS) is 13.2. The second-order valence-electron chi connectivity index (χ2n) is 5.46. The maximum atomic E-state index is 12.8. The van der Waals surface area contributed by atoms with Crippen molar-refractivity contribution in [1.29, 1.82) is 0 Å². The Morgan fingerprint density at radius 3 is 2.56 bits per heavy atom. The lowest BCUT2D eigenvalue weighted by Gasteiger charge is -2.19. The van der Waals surface area contributed by atoms with Gasteiger partial charge in [0.1, 0.15) is 5.75 Å². The van der Waals surface area contributed by atoms with E-state index >= 15 is 0 Å². The van der Waals surface area contributed by atoms with Crippen LogP contribution >= 0.6 is 7.60 Å². The average Bonchev–Trinajstić information content (AvgIpc) is 2.59. The Hall–Kier alpha value is -2.31. The number of methoxy groups -OCH3 is 1. The summed E-state index contributed by atoms with van der Waals surface area (Å²) in [6.45, 7) is 7.09. The molecular weight excluding hydrogens is 345 g/mol. The standard InChI is InChI=1S/C16H22N3O5P/c1-6-25(21,24-19-16-17-9-11(3)12(4)18-16)23-13-7-10(2)15(20)14(8-13)22-5/h7-9,20H,6H2,1-5H3,(H,17,18,19). The molecule has 2 N–H and O–H groups in total. The predicted molar refractivity (Wildman–Crippen MR) is 94.4 cm³/mol. The number of rotatable bonds is 7. The van der Waals surface area contributed by atoms with Gasteiger partial charge in [-0.05, 0) is 38.0 Å². The molecule has 1 aromatic heterocycles. The second kappa shape index (κ2) is 7.72. The first kappa shape index (κ1) is 19.0. The van der Waals surface area contributed by atoms with Gasteiger partial charge >= 0.3 is 7.60 Å². The van der Waals surface area contributed by atoms with Crippen LogP contribution in [0.4, 0.5) is 5.95 Å². The van der Waals surface area contributed by atoms with Gasteiger partial charge in [0.25, 0.3) is 0 Å². The molecule has 9 heteroatoms. The third-order valence-corrected chi connectivity index (χ3v) is 5.22. The number of nitrogens with one attached hydrogen (secondary N) is 1. The Kier molecular flexibility index (Phi) is 5.87. The van der Waals surface area contributed by atoms with Crippen LogP contribution in [0.25, 0.3) is 0 Å². The molecule has 2 aromatic rings. The number of benzene rings is 1. The van der Waals surface area contributed by atoms with E-state index in [4.69, 9.17) is 13.9 Å². The van der Waals surface area contributed by atoms with Gasteiger partial charge in [0.15, 0.2) is 11.5 Å². The van der Waals surface area contributed by atoms with Crippen LogP contribution in [0.3, 0.4) is 0 Å². The minimum Gasteiger partial charge on any atom is -0.504 e. The summed E-state index contributed by atoms with van der Waals surface area (Å²) in [6.07, 6.45) is 1.76. The lowest BCUT2D eigenvalue weighted by Crippen LogP contribution is -2.09. The highest BCUT2D eigenvalue weighted by Crippen LogP contribution is 2.49. The van der Waals surface area contributed by atoms with E-state index in [1.165, 1.54) is 13.2 Å². The number of hydrogen-bond donors (Lipinski definition) is 2. The van der Waals surface area contributed by atoms with Gasteiger partial charge in [0.05, 0.1) is 13.3 Å². The van der Waals surface area contributed by atoms with E-state index < -0.39 is 7.60 Å². The lowest BCUT2D eigenvalue weighted by molar-refractivity contribution is 0.314. The van der Waals surface area contributed by atoms with E-state index in [9.17, 15) is 9.67 Å². The molecule has 0 saturated carbocycles. The van der Waals surface area contributed by atoms with Crippen molar-refractivity contribution in [2.45, 2.75) is 27.7 Å². The zero-order chi connectivity index (χ0) is 18.6. The Bertz CT molecular complexity index is 813. The van der Waals surface area contributed by atoms with Crippen LogP contribution in [0.2, 0.25) is 0 Å². The highest BCUT2D eigenvalue weighted by atomic mass is 31.2. The van der Waals surface area contributed by atoms with Crippen molar-refractivity contribution < 1.29 is 23.6 Å². The molecule has 0 saturated heterocycles. The number of aryl methyl sites for hydroxylation is 3. The molecule has 0 fully saturated rings. The molecule has 1 unspecified atom stereocenters. The minimum atomic E-state index is -3.51. The van der Waals surface area contributed by atoms with Crippen LogP contribution < -0.4 is 14.7 Å².